The summed E-state index contributed by atoms with van der Waals surface area (Å²) in [5, 5.41) is 10.2. The maximum Gasteiger partial charge on any atom is 0.0941 e. The Morgan fingerprint density at radius 1 is 1.35 bits per heavy atom. The monoisotopic (exact) mass is 233 g/mol. The molecule has 2 atom stereocenters. The van der Waals surface area contributed by atoms with Crippen LogP contribution in [0.4, 0.5) is 0 Å². The highest BCUT2D eigenvalue weighted by Gasteiger charge is 2.25. The van der Waals surface area contributed by atoms with Crippen molar-refractivity contribution in [2.45, 2.75) is 51.2 Å². The molecule has 3 N–H and O–H groups in total. The van der Waals surface area contributed by atoms with Crippen LogP contribution in [-0.2, 0) is 0 Å². The van der Waals surface area contributed by atoms with Crippen molar-refractivity contribution >= 4 is 0 Å². The van der Waals surface area contributed by atoms with Crippen molar-refractivity contribution in [3.63, 3.8) is 0 Å². The molecule has 1 aliphatic carbocycles. The van der Waals surface area contributed by atoms with Crippen molar-refractivity contribution < 1.29 is 5.11 Å². The Morgan fingerprint density at radius 2 is 2.06 bits per heavy atom. The van der Waals surface area contributed by atoms with Crippen LogP contribution in [0.15, 0.2) is 24.3 Å². The molecule has 0 spiro atoms. The van der Waals surface area contributed by atoms with Crippen LogP contribution in [0.2, 0.25) is 0 Å². The summed E-state index contributed by atoms with van der Waals surface area (Å²) in [5.74, 6) is 1.25. The molecule has 0 bridgehead atoms. The molecule has 0 amide bonds. The van der Waals surface area contributed by atoms with Gasteiger partial charge in [-0.15, -0.1) is 0 Å². The lowest BCUT2D eigenvalue weighted by atomic mass is 9.94. The standard InChI is InChI=1S/C15H23NO/c1-10(2)8-14(16)15(17)13-5-3-4-12(9-13)11-6-7-11/h3-5,9-11,14-15,17H,6-8,16H2,1-2H3. The van der Waals surface area contributed by atoms with E-state index in [0.717, 1.165) is 17.9 Å². The number of nitrogens with two attached hydrogens (primary N) is 1. The molecule has 2 heteroatoms. The third kappa shape index (κ3) is 3.30. The van der Waals surface area contributed by atoms with Gasteiger partial charge >= 0.3 is 0 Å². The van der Waals surface area contributed by atoms with E-state index in [1.165, 1.54) is 18.4 Å². The Morgan fingerprint density at radius 3 is 2.65 bits per heavy atom. The Kier molecular flexibility index (Phi) is 3.85. The van der Waals surface area contributed by atoms with Crippen molar-refractivity contribution in [3.05, 3.63) is 35.4 Å². The summed E-state index contributed by atoms with van der Waals surface area (Å²) in [6.45, 7) is 4.26. The minimum absolute atomic E-state index is 0.163. The van der Waals surface area contributed by atoms with Crippen LogP contribution in [0.25, 0.3) is 0 Å². The molecule has 2 nitrogen and oxygen atoms in total. The molecule has 17 heavy (non-hydrogen) atoms. The fraction of sp³-hybridized carbons (Fsp3) is 0.600. The van der Waals surface area contributed by atoms with Crippen LogP contribution in [0, 0.1) is 5.92 Å². The van der Waals surface area contributed by atoms with Crippen molar-refractivity contribution in [1.82, 2.24) is 0 Å². The summed E-state index contributed by atoms with van der Waals surface area (Å²) in [6.07, 6.45) is 2.90. The van der Waals surface area contributed by atoms with Crippen molar-refractivity contribution in [3.8, 4) is 0 Å². The van der Waals surface area contributed by atoms with Gasteiger partial charge in [0.15, 0.2) is 0 Å². The molecule has 1 fully saturated rings. The van der Waals surface area contributed by atoms with E-state index >= 15 is 0 Å². The van der Waals surface area contributed by atoms with Gasteiger partial charge in [-0.05, 0) is 42.2 Å². The highest BCUT2D eigenvalue weighted by molar-refractivity contribution is 5.30. The topological polar surface area (TPSA) is 46.2 Å². The average molecular weight is 233 g/mol. The SMILES string of the molecule is CC(C)CC(N)C(O)c1cccc(C2CC2)c1. The zero-order valence-electron chi connectivity index (χ0n) is 10.8. The fourth-order valence-corrected chi connectivity index (χ4v) is 2.33. The van der Waals surface area contributed by atoms with Gasteiger partial charge in [0.1, 0.15) is 0 Å². The first-order chi connectivity index (χ1) is 8.08. The summed E-state index contributed by atoms with van der Waals surface area (Å²) in [6, 6.07) is 8.14. The second-order valence-corrected chi connectivity index (χ2v) is 5.68. The van der Waals surface area contributed by atoms with Gasteiger partial charge in [-0.1, -0.05) is 38.1 Å². The molecule has 0 saturated heterocycles. The molecular formula is C15H23NO. The van der Waals surface area contributed by atoms with Gasteiger partial charge in [-0.25, -0.2) is 0 Å². The largest absolute Gasteiger partial charge is 0.387 e. The van der Waals surface area contributed by atoms with E-state index in [2.05, 4.69) is 26.0 Å². The lowest BCUT2D eigenvalue weighted by molar-refractivity contribution is 0.136. The second kappa shape index (κ2) is 5.19. The molecule has 1 aromatic carbocycles. The maximum absolute atomic E-state index is 10.2. The first-order valence-electron chi connectivity index (χ1n) is 6.61. The summed E-state index contributed by atoms with van der Waals surface area (Å²) >= 11 is 0. The molecule has 0 radical (unpaired) electrons. The lowest BCUT2D eigenvalue weighted by Gasteiger charge is -2.21. The smallest absolute Gasteiger partial charge is 0.0941 e. The Hall–Kier alpha value is -0.860. The maximum atomic E-state index is 10.2. The normalized spacial score (nSPS) is 19.4. The number of hydrogen-bond donors (Lipinski definition) is 2. The number of hydrogen-bond acceptors (Lipinski definition) is 2. The minimum Gasteiger partial charge on any atom is -0.387 e. The van der Waals surface area contributed by atoms with Crippen LogP contribution in [0.5, 0.6) is 0 Å². The number of rotatable bonds is 5. The summed E-state index contributed by atoms with van der Waals surface area (Å²) in [5.41, 5.74) is 8.38. The molecule has 1 aliphatic rings. The van der Waals surface area contributed by atoms with Crippen LogP contribution >= 0.6 is 0 Å². The zero-order chi connectivity index (χ0) is 12.4. The average Bonchev–Trinajstić information content (AvgIpc) is 3.11. The minimum atomic E-state index is -0.531. The van der Waals surface area contributed by atoms with Crippen LogP contribution in [0.1, 0.15) is 56.3 Å². The fourth-order valence-electron chi connectivity index (χ4n) is 2.33. The molecule has 0 aromatic heterocycles. The van der Waals surface area contributed by atoms with E-state index in [9.17, 15) is 5.11 Å². The second-order valence-electron chi connectivity index (χ2n) is 5.68. The van der Waals surface area contributed by atoms with Gasteiger partial charge in [0.05, 0.1) is 6.10 Å². The highest BCUT2D eigenvalue weighted by atomic mass is 16.3. The molecule has 1 aromatic rings. The summed E-state index contributed by atoms with van der Waals surface area (Å²) in [4.78, 5) is 0. The van der Waals surface area contributed by atoms with Crippen molar-refractivity contribution in [1.29, 1.82) is 0 Å². The molecule has 0 heterocycles. The number of aliphatic hydroxyl groups is 1. The molecular weight excluding hydrogens is 210 g/mol. The van der Waals surface area contributed by atoms with E-state index in [4.69, 9.17) is 5.73 Å². The number of benzene rings is 1. The summed E-state index contributed by atoms with van der Waals surface area (Å²) < 4.78 is 0. The molecule has 2 unspecified atom stereocenters. The van der Waals surface area contributed by atoms with Gasteiger partial charge in [-0.2, -0.15) is 0 Å². The van der Waals surface area contributed by atoms with Gasteiger partial charge in [0.25, 0.3) is 0 Å². The van der Waals surface area contributed by atoms with Gasteiger partial charge < -0.3 is 10.8 Å². The van der Waals surface area contributed by atoms with E-state index in [1.54, 1.807) is 0 Å². The Bertz CT molecular complexity index is 371. The molecule has 2 rings (SSSR count). The highest BCUT2D eigenvalue weighted by Crippen LogP contribution is 2.40. The Labute approximate surface area is 104 Å². The Balaban J connectivity index is 2.07. The van der Waals surface area contributed by atoms with Crippen LogP contribution in [0.3, 0.4) is 0 Å². The lowest BCUT2D eigenvalue weighted by Crippen LogP contribution is -2.29. The first kappa shape index (κ1) is 12.6. The summed E-state index contributed by atoms with van der Waals surface area (Å²) in [7, 11) is 0. The molecule has 94 valence electrons. The molecule has 0 aliphatic heterocycles. The predicted octanol–water partition coefficient (Wildman–Crippen LogP) is 2.97. The quantitative estimate of drug-likeness (QED) is 0.821. The first-order valence-corrected chi connectivity index (χ1v) is 6.61. The van der Waals surface area contributed by atoms with Gasteiger partial charge in [0, 0.05) is 6.04 Å². The third-order valence-corrected chi connectivity index (χ3v) is 3.45. The third-order valence-electron chi connectivity index (χ3n) is 3.45. The van der Waals surface area contributed by atoms with E-state index in [1.807, 2.05) is 12.1 Å². The van der Waals surface area contributed by atoms with E-state index < -0.39 is 6.10 Å². The van der Waals surface area contributed by atoms with Crippen LogP contribution in [-0.4, -0.2) is 11.1 Å². The van der Waals surface area contributed by atoms with E-state index in [0.29, 0.717) is 5.92 Å². The number of aliphatic hydroxyl groups excluding tert-OH is 1. The van der Waals surface area contributed by atoms with Crippen molar-refractivity contribution in [2.24, 2.45) is 11.7 Å². The van der Waals surface area contributed by atoms with Gasteiger partial charge in [0.2, 0.25) is 0 Å². The van der Waals surface area contributed by atoms with Gasteiger partial charge in [-0.3, -0.25) is 0 Å². The zero-order valence-corrected chi connectivity index (χ0v) is 10.8. The predicted molar refractivity (Wildman–Crippen MR) is 70.8 cm³/mol. The van der Waals surface area contributed by atoms with E-state index in [-0.39, 0.29) is 6.04 Å². The van der Waals surface area contributed by atoms with Crippen LogP contribution < -0.4 is 5.73 Å². The van der Waals surface area contributed by atoms with Crippen molar-refractivity contribution in [2.75, 3.05) is 0 Å². The molecule has 1 saturated carbocycles.